The summed E-state index contributed by atoms with van der Waals surface area (Å²) in [4.78, 5) is 31.6. The predicted octanol–water partition coefficient (Wildman–Crippen LogP) is 1.04. The van der Waals surface area contributed by atoms with E-state index in [1.165, 1.54) is 17.7 Å². The number of likely N-dealkylation sites (tertiary alicyclic amines) is 2. The number of fused-ring (bicyclic) bond motifs is 1. The number of carbonyl (C=O) groups is 2. The van der Waals surface area contributed by atoms with E-state index < -0.39 is 18.0 Å². The SMILES string of the molecule is CC(O)[C@H]1C(=O)N2C(C(=O)O)=C(S[C@@H]3CCN(C4CCN(C)CC4)C3)[C@H](C)[C@H]12. The van der Waals surface area contributed by atoms with Crippen LogP contribution in [0.15, 0.2) is 10.6 Å². The number of nitrogens with zero attached hydrogens (tertiary/aromatic N) is 3. The summed E-state index contributed by atoms with van der Waals surface area (Å²) in [6, 6.07) is 0.421. The van der Waals surface area contributed by atoms with Gasteiger partial charge in [0.1, 0.15) is 5.70 Å². The number of amides is 1. The van der Waals surface area contributed by atoms with Gasteiger partial charge in [0.15, 0.2) is 0 Å². The topological polar surface area (TPSA) is 84.3 Å². The van der Waals surface area contributed by atoms with Gasteiger partial charge in [0.05, 0.1) is 18.1 Å². The lowest BCUT2D eigenvalue weighted by atomic mass is 9.79. The molecule has 5 atom stereocenters. The first-order valence-corrected chi connectivity index (χ1v) is 11.3. The minimum absolute atomic E-state index is 0.0363. The van der Waals surface area contributed by atoms with Gasteiger partial charge in [0, 0.05) is 28.7 Å². The van der Waals surface area contributed by atoms with Crippen LogP contribution in [0.1, 0.15) is 33.1 Å². The lowest BCUT2D eigenvalue weighted by Gasteiger charge is -2.46. The third-order valence-electron chi connectivity index (χ3n) is 6.99. The van der Waals surface area contributed by atoms with Gasteiger partial charge in [-0.2, -0.15) is 0 Å². The summed E-state index contributed by atoms with van der Waals surface area (Å²) in [5.74, 6) is -1.80. The van der Waals surface area contributed by atoms with E-state index in [1.807, 2.05) is 6.92 Å². The van der Waals surface area contributed by atoms with E-state index in [0.717, 1.165) is 37.5 Å². The Balaban J connectivity index is 1.45. The number of β-lactam (4-membered cyclic amide) rings is 1. The Labute approximate surface area is 170 Å². The summed E-state index contributed by atoms with van der Waals surface area (Å²) in [5, 5.41) is 20.1. The standard InChI is InChI=1S/C20H31N3O4S/c1-11-16-15(12(2)24)19(25)23(16)17(20(26)27)18(11)28-14-6-9-22(10-14)13-4-7-21(3)8-5-13/h11-16,24H,4-10H2,1-3H3,(H,26,27)/t11-,12?,14-,15-,16-/m1/s1. The van der Waals surface area contributed by atoms with Crippen LogP contribution < -0.4 is 0 Å². The number of piperidine rings is 1. The molecule has 0 saturated carbocycles. The molecule has 3 fully saturated rings. The van der Waals surface area contributed by atoms with Crippen molar-refractivity contribution in [3.63, 3.8) is 0 Å². The zero-order chi connectivity index (χ0) is 20.2. The Hall–Kier alpha value is -1.09. The lowest BCUT2D eigenvalue weighted by Crippen LogP contribution is -2.63. The van der Waals surface area contributed by atoms with Gasteiger partial charge in [0.2, 0.25) is 5.91 Å². The average molecular weight is 410 g/mol. The van der Waals surface area contributed by atoms with Gasteiger partial charge in [-0.05, 0) is 52.9 Å². The summed E-state index contributed by atoms with van der Waals surface area (Å²) >= 11 is 1.66. The van der Waals surface area contributed by atoms with Crippen LogP contribution in [-0.4, -0.2) is 93.5 Å². The number of aliphatic hydroxyl groups excluding tert-OH is 1. The van der Waals surface area contributed by atoms with E-state index >= 15 is 0 Å². The molecular formula is C20H31N3O4S. The van der Waals surface area contributed by atoms with E-state index in [2.05, 4.69) is 16.8 Å². The Morgan fingerprint density at radius 3 is 2.50 bits per heavy atom. The normalized spacial score (nSPS) is 36.0. The van der Waals surface area contributed by atoms with Gasteiger partial charge in [0.25, 0.3) is 0 Å². The van der Waals surface area contributed by atoms with Crippen LogP contribution in [0, 0.1) is 11.8 Å². The van der Waals surface area contributed by atoms with Gasteiger partial charge in [-0.3, -0.25) is 9.69 Å². The van der Waals surface area contributed by atoms with Gasteiger partial charge in [-0.15, -0.1) is 11.8 Å². The molecule has 0 aromatic rings. The maximum atomic E-state index is 12.5. The summed E-state index contributed by atoms with van der Waals surface area (Å²) in [5.41, 5.74) is 0.155. The Kier molecular flexibility index (Phi) is 5.50. The highest BCUT2D eigenvalue weighted by molar-refractivity contribution is 8.03. The lowest BCUT2D eigenvalue weighted by molar-refractivity contribution is -0.163. The fraction of sp³-hybridized carbons (Fsp3) is 0.800. The molecular weight excluding hydrogens is 378 g/mol. The van der Waals surface area contributed by atoms with Crippen molar-refractivity contribution in [3.8, 4) is 0 Å². The predicted molar refractivity (Wildman–Crippen MR) is 108 cm³/mol. The highest BCUT2D eigenvalue weighted by Gasteiger charge is 2.60. The maximum absolute atomic E-state index is 12.5. The van der Waals surface area contributed by atoms with E-state index in [0.29, 0.717) is 11.3 Å². The molecule has 7 nitrogen and oxygen atoms in total. The van der Waals surface area contributed by atoms with Gasteiger partial charge in [-0.1, -0.05) is 6.92 Å². The summed E-state index contributed by atoms with van der Waals surface area (Å²) in [7, 11) is 2.17. The maximum Gasteiger partial charge on any atom is 0.353 e. The van der Waals surface area contributed by atoms with E-state index in [4.69, 9.17) is 0 Å². The van der Waals surface area contributed by atoms with Crippen LogP contribution in [0.2, 0.25) is 0 Å². The van der Waals surface area contributed by atoms with Gasteiger partial charge >= 0.3 is 5.97 Å². The number of carbonyl (C=O) groups excluding carboxylic acids is 1. The molecule has 1 amide bonds. The molecule has 1 unspecified atom stereocenters. The molecule has 3 saturated heterocycles. The Morgan fingerprint density at radius 2 is 1.89 bits per heavy atom. The van der Waals surface area contributed by atoms with Crippen molar-refractivity contribution < 1.29 is 19.8 Å². The Bertz CT molecular complexity index is 689. The molecule has 4 aliphatic rings. The second-order valence-corrected chi connectivity index (χ2v) is 10.2. The number of carboxylic acids is 1. The van der Waals surface area contributed by atoms with Crippen molar-refractivity contribution in [2.45, 2.75) is 56.5 Å². The number of hydrogen-bond acceptors (Lipinski definition) is 6. The second kappa shape index (κ2) is 7.63. The molecule has 8 heteroatoms. The van der Waals surface area contributed by atoms with E-state index in [1.54, 1.807) is 18.7 Å². The van der Waals surface area contributed by atoms with Crippen molar-refractivity contribution >= 4 is 23.6 Å². The van der Waals surface area contributed by atoms with Crippen molar-refractivity contribution in [2.24, 2.45) is 11.8 Å². The number of hydrogen-bond donors (Lipinski definition) is 2. The highest BCUT2D eigenvalue weighted by atomic mass is 32.2. The van der Waals surface area contributed by atoms with E-state index in [-0.39, 0.29) is 23.6 Å². The first kappa shape index (κ1) is 20.2. The fourth-order valence-corrected chi connectivity index (χ4v) is 6.90. The Morgan fingerprint density at radius 1 is 1.21 bits per heavy atom. The molecule has 28 heavy (non-hydrogen) atoms. The molecule has 0 aliphatic carbocycles. The molecule has 4 rings (SSSR count). The summed E-state index contributed by atoms with van der Waals surface area (Å²) in [6.07, 6.45) is 2.71. The van der Waals surface area contributed by atoms with Crippen molar-refractivity contribution in [1.29, 1.82) is 0 Å². The summed E-state index contributed by atoms with van der Waals surface area (Å²) in [6.45, 7) is 7.96. The highest BCUT2D eigenvalue weighted by Crippen LogP contribution is 2.52. The zero-order valence-electron chi connectivity index (χ0n) is 16.9. The quantitative estimate of drug-likeness (QED) is 0.657. The molecule has 0 radical (unpaired) electrons. The number of rotatable bonds is 5. The minimum Gasteiger partial charge on any atom is -0.477 e. The average Bonchev–Trinajstić information content (AvgIpc) is 3.18. The van der Waals surface area contributed by atoms with E-state index in [9.17, 15) is 19.8 Å². The molecule has 2 N–H and O–H groups in total. The van der Waals surface area contributed by atoms with Crippen LogP contribution in [0.3, 0.4) is 0 Å². The zero-order valence-corrected chi connectivity index (χ0v) is 17.7. The monoisotopic (exact) mass is 409 g/mol. The molecule has 156 valence electrons. The number of carboxylic acid groups (broad SMARTS) is 1. The van der Waals surface area contributed by atoms with Crippen molar-refractivity contribution in [3.05, 3.63) is 10.6 Å². The third-order valence-corrected chi connectivity index (χ3v) is 8.52. The molecule has 0 aromatic carbocycles. The molecule has 4 aliphatic heterocycles. The van der Waals surface area contributed by atoms with Crippen LogP contribution >= 0.6 is 11.8 Å². The summed E-state index contributed by atoms with van der Waals surface area (Å²) < 4.78 is 0. The van der Waals surface area contributed by atoms with Crippen LogP contribution in [0.4, 0.5) is 0 Å². The van der Waals surface area contributed by atoms with Crippen LogP contribution in [0.25, 0.3) is 0 Å². The minimum atomic E-state index is -1.03. The largest absolute Gasteiger partial charge is 0.477 e. The molecule has 0 aromatic heterocycles. The first-order chi connectivity index (χ1) is 13.3. The van der Waals surface area contributed by atoms with Crippen molar-refractivity contribution in [1.82, 2.24) is 14.7 Å². The smallest absolute Gasteiger partial charge is 0.353 e. The van der Waals surface area contributed by atoms with Crippen LogP contribution in [0.5, 0.6) is 0 Å². The molecule has 0 spiro atoms. The molecule has 4 heterocycles. The number of aliphatic hydroxyl groups is 1. The second-order valence-electron chi connectivity index (χ2n) is 8.83. The van der Waals surface area contributed by atoms with Crippen molar-refractivity contribution in [2.75, 3.05) is 33.2 Å². The first-order valence-electron chi connectivity index (χ1n) is 10.4. The third kappa shape index (κ3) is 3.28. The van der Waals surface area contributed by atoms with Crippen LogP contribution in [-0.2, 0) is 9.59 Å². The number of thioether (sulfide) groups is 1. The molecule has 0 bridgehead atoms. The van der Waals surface area contributed by atoms with Gasteiger partial charge < -0.3 is 20.0 Å². The number of aliphatic carboxylic acids is 1. The fourth-order valence-electron chi connectivity index (χ4n) is 5.40. The van der Waals surface area contributed by atoms with Gasteiger partial charge in [-0.25, -0.2) is 4.79 Å².